The van der Waals surface area contributed by atoms with Gasteiger partial charge in [-0.25, -0.2) is 0 Å². The minimum atomic E-state index is -4.25. The summed E-state index contributed by atoms with van der Waals surface area (Å²) >= 11 is 5.43. The van der Waals surface area contributed by atoms with Crippen LogP contribution in [-0.4, -0.2) is 75.5 Å². The Hall–Kier alpha value is -0.240. The molecule has 9 heteroatoms. The molecule has 0 aromatic carbocycles. The van der Waals surface area contributed by atoms with Crippen LogP contribution in [0.1, 0.15) is 116 Å². The number of phosphoric ester groups is 1. The molecule has 0 radical (unpaired) electrons. The van der Waals surface area contributed by atoms with E-state index in [4.69, 9.17) is 21.3 Å². The lowest BCUT2D eigenvalue weighted by Gasteiger charge is -2.28. The van der Waals surface area contributed by atoms with Crippen molar-refractivity contribution < 1.29 is 23.0 Å². The highest BCUT2D eigenvalue weighted by atomic mass is 32.1. The van der Waals surface area contributed by atoms with Gasteiger partial charge in [-0.1, -0.05) is 103 Å². The Balaban J connectivity index is 3.76. The molecule has 0 aliphatic carbocycles. The molecule has 0 spiro atoms. The van der Waals surface area contributed by atoms with E-state index in [1.807, 2.05) is 28.2 Å². The first-order chi connectivity index (χ1) is 17.6. The normalized spacial score (nSPS) is 13.5. The molecule has 0 saturated heterocycles. The predicted molar refractivity (Wildman–Crippen MR) is 160 cm³/mol. The number of phosphoric acid groups is 1. The van der Waals surface area contributed by atoms with Crippen LogP contribution in [0.25, 0.3) is 0 Å². The summed E-state index contributed by atoms with van der Waals surface area (Å²) in [6, 6.07) is 0. The van der Waals surface area contributed by atoms with Gasteiger partial charge in [-0.3, -0.25) is 4.57 Å². The predicted octanol–water partition coefficient (Wildman–Crippen LogP) is 6.65. The Labute approximate surface area is 235 Å². The second-order valence-corrected chi connectivity index (χ2v) is 13.1. The van der Waals surface area contributed by atoms with Crippen LogP contribution in [-0.2, 0) is 13.6 Å². The number of thiocarbonyl (C=S) groups is 1. The second-order valence-electron chi connectivity index (χ2n) is 11.3. The molecule has 0 aliphatic heterocycles. The van der Waals surface area contributed by atoms with E-state index < -0.39 is 7.82 Å². The molecule has 0 fully saturated rings. The molecule has 0 bridgehead atoms. The molecule has 0 aromatic heterocycles. The van der Waals surface area contributed by atoms with Crippen LogP contribution in [0, 0.1) is 0 Å². The quantitative estimate of drug-likeness (QED) is 0.0545. The number of nitrogens with zero attached hydrogens (tertiary/aromatic N) is 2. The van der Waals surface area contributed by atoms with Crippen LogP contribution in [0.2, 0.25) is 0 Å². The van der Waals surface area contributed by atoms with Gasteiger partial charge < -0.3 is 28.6 Å². The number of hydrogen-bond acceptors (Lipinski definition) is 5. The van der Waals surface area contributed by atoms with E-state index in [9.17, 15) is 9.46 Å². The molecule has 1 atom stereocenters. The molecule has 7 nitrogen and oxygen atoms in total. The third kappa shape index (κ3) is 25.8. The van der Waals surface area contributed by atoms with Crippen LogP contribution >= 0.6 is 20.0 Å². The molecule has 0 saturated carbocycles. The molecule has 222 valence electrons. The number of nitrogens with one attached hydrogen (secondary N) is 1. The van der Waals surface area contributed by atoms with Gasteiger partial charge in [-0.05, 0) is 25.1 Å². The third-order valence-corrected chi connectivity index (χ3v) is 8.08. The maximum absolute atomic E-state index is 11.9. The Kier molecular flexibility index (Phi) is 23.5. The molecule has 0 amide bonds. The standard InChI is InChI=1S/C28H60N3O4PS/c1-6-7-8-9-10-11-12-13-14-15-16-17-18-19-20-21-23-30(28(37)29-2)24-22-26-34-36(32,33)35-27-25-31(3,4)5/h6-27H2,1-5H3,(H-,29,32,33,37). The Bertz CT molecular complexity index is 590. The average molecular weight is 566 g/mol. The zero-order valence-electron chi connectivity index (χ0n) is 24.9. The Morgan fingerprint density at radius 1 is 0.757 bits per heavy atom. The molecule has 0 aliphatic rings. The molecular weight excluding hydrogens is 505 g/mol. The highest BCUT2D eigenvalue weighted by Gasteiger charge is 2.14. The summed E-state index contributed by atoms with van der Waals surface area (Å²) in [7, 11) is 3.53. The second kappa shape index (κ2) is 23.6. The Morgan fingerprint density at radius 3 is 1.59 bits per heavy atom. The smallest absolute Gasteiger partial charge is 0.268 e. The van der Waals surface area contributed by atoms with Gasteiger partial charge in [0.1, 0.15) is 13.2 Å². The van der Waals surface area contributed by atoms with Crippen molar-refractivity contribution in [3.8, 4) is 0 Å². The molecule has 1 unspecified atom stereocenters. The summed E-state index contributed by atoms with van der Waals surface area (Å²) in [4.78, 5) is 14.0. The number of quaternary nitrogens is 1. The third-order valence-electron chi connectivity index (χ3n) is 6.62. The largest absolute Gasteiger partial charge is 0.756 e. The van der Waals surface area contributed by atoms with Gasteiger partial charge >= 0.3 is 0 Å². The SMILES string of the molecule is CCCCCCCCCCCCCCCCCCN(CCCOP(=O)([O-])OCC[N+](C)(C)C)C(=S)NC. The van der Waals surface area contributed by atoms with E-state index in [2.05, 4.69) is 17.1 Å². The number of hydrogen-bond donors (Lipinski definition) is 1. The highest BCUT2D eigenvalue weighted by molar-refractivity contribution is 7.80. The summed E-state index contributed by atoms with van der Waals surface area (Å²) in [5.74, 6) is 0. The lowest BCUT2D eigenvalue weighted by molar-refractivity contribution is -0.870. The van der Waals surface area contributed by atoms with Gasteiger partial charge in [-0.2, -0.15) is 0 Å². The van der Waals surface area contributed by atoms with Crippen LogP contribution in [0.15, 0.2) is 0 Å². The van der Waals surface area contributed by atoms with E-state index in [1.54, 1.807) is 0 Å². The highest BCUT2D eigenvalue weighted by Crippen LogP contribution is 2.38. The summed E-state index contributed by atoms with van der Waals surface area (Å²) in [6.07, 6.45) is 22.2. The van der Waals surface area contributed by atoms with Crippen molar-refractivity contribution in [3.05, 3.63) is 0 Å². The molecule has 37 heavy (non-hydrogen) atoms. The topological polar surface area (TPSA) is 73.9 Å². The fraction of sp³-hybridized carbons (Fsp3) is 0.964. The molecule has 0 aromatic rings. The van der Waals surface area contributed by atoms with Crippen LogP contribution < -0.4 is 10.2 Å². The van der Waals surface area contributed by atoms with Crippen LogP contribution in [0.4, 0.5) is 0 Å². The van der Waals surface area contributed by atoms with Gasteiger partial charge in [0.25, 0.3) is 7.82 Å². The van der Waals surface area contributed by atoms with Crippen molar-refractivity contribution in [2.45, 2.75) is 116 Å². The van der Waals surface area contributed by atoms with Crippen molar-refractivity contribution in [2.24, 2.45) is 0 Å². The number of unbranched alkanes of at least 4 members (excludes halogenated alkanes) is 15. The molecule has 1 N–H and O–H groups in total. The van der Waals surface area contributed by atoms with E-state index in [0.29, 0.717) is 29.1 Å². The fourth-order valence-electron chi connectivity index (χ4n) is 4.22. The lowest BCUT2D eigenvalue weighted by Crippen LogP contribution is -2.39. The summed E-state index contributed by atoms with van der Waals surface area (Å²) in [5.41, 5.74) is 0. The zero-order chi connectivity index (χ0) is 27.8. The minimum Gasteiger partial charge on any atom is -0.756 e. The van der Waals surface area contributed by atoms with Gasteiger partial charge in [0.05, 0.1) is 27.7 Å². The summed E-state index contributed by atoms with van der Waals surface area (Å²) in [5, 5.41) is 3.74. The lowest BCUT2D eigenvalue weighted by atomic mass is 10.0. The molecule has 0 rings (SSSR count). The van der Waals surface area contributed by atoms with Gasteiger partial charge in [-0.15, -0.1) is 0 Å². The van der Waals surface area contributed by atoms with E-state index >= 15 is 0 Å². The van der Waals surface area contributed by atoms with Crippen molar-refractivity contribution in [2.75, 3.05) is 61.0 Å². The minimum absolute atomic E-state index is 0.104. The summed E-state index contributed by atoms with van der Waals surface area (Å²) < 4.78 is 22.5. The van der Waals surface area contributed by atoms with Crippen LogP contribution in [0.5, 0.6) is 0 Å². The van der Waals surface area contributed by atoms with E-state index in [1.165, 1.54) is 96.3 Å². The van der Waals surface area contributed by atoms with Crippen molar-refractivity contribution >= 4 is 25.2 Å². The number of likely N-dealkylation sites (N-methyl/N-ethyl adjacent to an activating group) is 1. The Morgan fingerprint density at radius 2 is 1.16 bits per heavy atom. The maximum Gasteiger partial charge on any atom is 0.268 e. The maximum atomic E-state index is 11.9. The number of rotatable bonds is 26. The first kappa shape index (κ1) is 36.8. The molecule has 0 heterocycles. The zero-order valence-corrected chi connectivity index (χ0v) is 26.7. The summed E-state index contributed by atoms with van der Waals surface area (Å²) in [6.45, 7) is 4.65. The van der Waals surface area contributed by atoms with E-state index in [0.717, 1.165) is 13.0 Å². The first-order valence-electron chi connectivity index (χ1n) is 15.0. The average Bonchev–Trinajstić information content (AvgIpc) is 2.83. The fourth-order valence-corrected chi connectivity index (χ4v) is 5.13. The van der Waals surface area contributed by atoms with Crippen molar-refractivity contribution in [1.82, 2.24) is 10.2 Å². The van der Waals surface area contributed by atoms with Crippen molar-refractivity contribution in [1.29, 1.82) is 0 Å². The van der Waals surface area contributed by atoms with E-state index in [-0.39, 0.29) is 13.2 Å². The van der Waals surface area contributed by atoms with Gasteiger partial charge in [0.2, 0.25) is 0 Å². The first-order valence-corrected chi connectivity index (χ1v) is 16.9. The van der Waals surface area contributed by atoms with Gasteiger partial charge in [0.15, 0.2) is 5.11 Å². The monoisotopic (exact) mass is 565 g/mol. The van der Waals surface area contributed by atoms with Crippen molar-refractivity contribution in [3.63, 3.8) is 0 Å². The molecular formula is C28H60N3O4PS. The van der Waals surface area contributed by atoms with Gasteiger partial charge in [0, 0.05) is 20.1 Å². The van der Waals surface area contributed by atoms with Crippen LogP contribution in [0.3, 0.4) is 0 Å².